The van der Waals surface area contributed by atoms with Crippen molar-refractivity contribution in [3.63, 3.8) is 0 Å². The van der Waals surface area contributed by atoms with E-state index in [9.17, 15) is 14.0 Å². The van der Waals surface area contributed by atoms with Crippen molar-refractivity contribution in [3.05, 3.63) is 51.0 Å². The Kier molecular flexibility index (Phi) is 4.43. The molecule has 0 spiro atoms. The molecule has 0 unspecified atom stereocenters. The van der Waals surface area contributed by atoms with E-state index in [0.29, 0.717) is 11.3 Å². The molecule has 2 N–H and O–H groups in total. The lowest BCUT2D eigenvalue weighted by atomic mass is 9.95. The minimum Gasteiger partial charge on any atom is -0.481 e. The van der Waals surface area contributed by atoms with E-state index >= 15 is 0 Å². The van der Waals surface area contributed by atoms with E-state index in [1.165, 1.54) is 17.0 Å². The van der Waals surface area contributed by atoms with Gasteiger partial charge in [0.1, 0.15) is 5.82 Å². The second-order valence-corrected chi connectivity index (χ2v) is 6.55. The van der Waals surface area contributed by atoms with Gasteiger partial charge in [0.2, 0.25) is 0 Å². The molecule has 3 rings (SSSR count). The summed E-state index contributed by atoms with van der Waals surface area (Å²) in [6.07, 6.45) is 3.80. The lowest BCUT2D eigenvalue weighted by Crippen LogP contribution is -2.15. The molecule has 0 bridgehead atoms. The molecule has 1 aromatic heterocycles. The fourth-order valence-electron chi connectivity index (χ4n) is 2.81. The van der Waals surface area contributed by atoms with E-state index in [4.69, 9.17) is 5.11 Å². The van der Waals surface area contributed by atoms with Crippen molar-refractivity contribution in [2.45, 2.75) is 32.1 Å². The summed E-state index contributed by atoms with van der Waals surface area (Å²) in [6, 6.07) is 4.08. The molecule has 23 heavy (non-hydrogen) atoms. The number of carbonyl (C=O) groups excluding carboxylic acids is 1. The molecule has 0 saturated carbocycles. The maximum atomic E-state index is 13.9. The van der Waals surface area contributed by atoms with Crippen LogP contribution in [0, 0.1) is 5.82 Å². The molecule has 0 atom stereocenters. The predicted molar refractivity (Wildman–Crippen MR) is 86.7 cm³/mol. The highest BCUT2D eigenvalue weighted by atomic mass is 32.1. The zero-order valence-electron chi connectivity index (χ0n) is 12.4. The van der Waals surface area contributed by atoms with Gasteiger partial charge < -0.3 is 10.4 Å². The molecule has 120 valence electrons. The van der Waals surface area contributed by atoms with Crippen LogP contribution in [0.3, 0.4) is 0 Å². The van der Waals surface area contributed by atoms with Crippen molar-refractivity contribution in [2.75, 3.05) is 5.32 Å². The van der Waals surface area contributed by atoms with E-state index in [1.54, 1.807) is 11.3 Å². The van der Waals surface area contributed by atoms with Gasteiger partial charge in [0.15, 0.2) is 0 Å². The molecular formula is C17H16FNO3S. The van der Waals surface area contributed by atoms with Crippen LogP contribution in [0.4, 0.5) is 10.1 Å². The Hall–Kier alpha value is -2.21. The summed E-state index contributed by atoms with van der Waals surface area (Å²) >= 11 is 1.60. The van der Waals surface area contributed by atoms with Crippen molar-refractivity contribution < 1.29 is 19.1 Å². The fourth-order valence-corrected chi connectivity index (χ4v) is 3.94. The van der Waals surface area contributed by atoms with E-state index in [2.05, 4.69) is 5.32 Å². The number of benzene rings is 1. The number of carboxylic acid groups (broad SMARTS) is 1. The third-order valence-electron chi connectivity index (χ3n) is 3.96. The van der Waals surface area contributed by atoms with Crippen LogP contribution in [-0.2, 0) is 24.1 Å². The van der Waals surface area contributed by atoms with Crippen LogP contribution in [0.5, 0.6) is 0 Å². The van der Waals surface area contributed by atoms with Crippen LogP contribution in [0.1, 0.15) is 39.2 Å². The van der Waals surface area contributed by atoms with Crippen LogP contribution in [0.2, 0.25) is 0 Å². The predicted octanol–water partition coefficient (Wildman–Crippen LogP) is 3.65. The Balaban J connectivity index is 1.77. The number of anilines is 1. The largest absolute Gasteiger partial charge is 0.481 e. The molecule has 0 aliphatic heterocycles. The highest BCUT2D eigenvalue weighted by Gasteiger charge is 2.20. The van der Waals surface area contributed by atoms with E-state index in [0.717, 1.165) is 37.3 Å². The molecule has 0 radical (unpaired) electrons. The van der Waals surface area contributed by atoms with Gasteiger partial charge in [-0.3, -0.25) is 9.59 Å². The summed E-state index contributed by atoms with van der Waals surface area (Å²) in [5.74, 6) is -1.96. The van der Waals surface area contributed by atoms with Crippen LogP contribution in [-0.4, -0.2) is 17.0 Å². The molecule has 1 aliphatic carbocycles. The number of fused-ring (bicyclic) bond motifs is 1. The Morgan fingerprint density at radius 3 is 2.78 bits per heavy atom. The zero-order valence-corrected chi connectivity index (χ0v) is 13.2. The van der Waals surface area contributed by atoms with E-state index in [1.807, 2.05) is 5.38 Å². The second-order valence-electron chi connectivity index (χ2n) is 5.59. The summed E-state index contributed by atoms with van der Waals surface area (Å²) in [5.41, 5.74) is 2.21. The average molecular weight is 333 g/mol. The molecule has 1 aromatic carbocycles. The quantitative estimate of drug-likeness (QED) is 0.897. The van der Waals surface area contributed by atoms with Gasteiger partial charge in [-0.25, -0.2) is 4.39 Å². The molecule has 1 amide bonds. The third kappa shape index (κ3) is 3.42. The highest BCUT2D eigenvalue weighted by molar-refractivity contribution is 7.10. The van der Waals surface area contributed by atoms with Crippen molar-refractivity contribution in [1.82, 2.24) is 0 Å². The molecule has 2 aromatic rings. The first-order valence-electron chi connectivity index (χ1n) is 7.45. The lowest BCUT2D eigenvalue weighted by molar-refractivity contribution is -0.136. The number of thiophene rings is 1. The summed E-state index contributed by atoms with van der Waals surface area (Å²) in [5, 5.41) is 13.3. The minimum atomic E-state index is -1.09. The Bertz CT molecular complexity index is 769. The third-order valence-corrected chi connectivity index (χ3v) is 5.05. The number of nitrogens with one attached hydrogen (secondary N) is 1. The van der Waals surface area contributed by atoms with Crippen LogP contribution in [0.15, 0.2) is 23.6 Å². The van der Waals surface area contributed by atoms with Gasteiger partial charge in [0.25, 0.3) is 5.91 Å². The average Bonchev–Trinajstić information content (AvgIpc) is 2.94. The zero-order chi connectivity index (χ0) is 16.4. The highest BCUT2D eigenvalue weighted by Crippen LogP contribution is 2.30. The topological polar surface area (TPSA) is 66.4 Å². The van der Waals surface area contributed by atoms with Gasteiger partial charge in [-0.2, -0.15) is 0 Å². The maximum absolute atomic E-state index is 13.9. The van der Waals surface area contributed by atoms with Gasteiger partial charge in [0, 0.05) is 15.9 Å². The molecule has 6 heteroatoms. The van der Waals surface area contributed by atoms with Crippen LogP contribution >= 0.6 is 11.3 Å². The Morgan fingerprint density at radius 1 is 1.26 bits per heavy atom. The van der Waals surface area contributed by atoms with Crippen molar-refractivity contribution in [1.29, 1.82) is 0 Å². The summed E-state index contributed by atoms with van der Waals surface area (Å²) in [6.45, 7) is 0. The lowest BCUT2D eigenvalue weighted by Gasteiger charge is -2.13. The van der Waals surface area contributed by atoms with Crippen LogP contribution in [0.25, 0.3) is 0 Å². The first kappa shape index (κ1) is 15.7. The molecule has 0 fully saturated rings. The number of aliphatic carboxylic acids is 1. The SMILES string of the molecule is O=C(O)Cc1ccc(NC(=O)c2csc3c2CCCC3)cc1F. The number of hydrogen-bond donors (Lipinski definition) is 2. The maximum Gasteiger partial charge on any atom is 0.307 e. The van der Waals surface area contributed by atoms with Gasteiger partial charge in [-0.05, 0) is 48.9 Å². The summed E-state index contributed by atoms with van der Waals surface area (Å²) < 4.78 is 13.9. The number of aryl methyl sites for hydroxylation is 1. The number of carbonyl (C=O) groups is 2. The Morgan fingerprint density at radius 2 is 2.04 bits per heavy atom. The molecule has 4 nitrogen and oxygen atoms in total. The monoisotopic (exact) mass is 333 g/mol. The first-order chi connectivity index (χ1) is 11.0. The molecular weight excluding hydrogens is 317 g/mol. The Labute approximate surface area is 137 Å². The van der Waals surface area contributed by atoms with Gasteiger partial charge in [-0.1, -0.05) is 6.07 Å². The molecule has 1 heterocycles. The van der Waals surface area contributed by atoms with Gasteiger partial charge in [0.05, 0.1) is 12.0 Å². The standard InChI is InChI=1S/C17H16FNO3S/c18-14-8-11(6-5-10(14)7-16(20)21)19-17(22)13-9-23-15-4-2-1-3-12(13)15/h5-6,8-9H,1-4,7H2,(H,19,22)(H,20,21). The van der Waals surface area contributed by atoms with Crippen molar-refractivity contribution >= 4 is 28.9 Å². The minimum absolute atomic E-state index is 0.100. The summed E-state index contributed by atoms with van der Waals surface area (Å²) in [7, 11) is 0. The van der Waals surface area contributed by atoms with Gasteiger partial charge in [-0.15, -0.1) is 11.3 Å². The van der Waals surface area contributed by atoms with Crippen molar-refractivity contribution in [3.8, 4) is 0 Å². The number of halogens is 1. The molecule has 0 saturated heterocycles. The van der Waals surface area contributed by atoms with E-state index in [-0.39, 0.29) is 17.9 Å². The number of carboxylic acids is 1. The smallest absolute Gasteiger partial charge is 0.307 e. The number of amides is 1. The van der Waals surface area contributed by atoms with Gasteiger partial charge >= 0.3 is 5.97 Å². The normalized spacial score (nSPS) is 13.4. The summed E-state index contributed by atoms with van der Waals surface area (Å²) in [4.78, 5) is 24.3. The van der Waals surface area contributed by atoms with Crippen molar-refractivity contribution in [2.24, 2.45) is 0 Å². The second kappa shape index (κ2) is 6.50. The number of rotatable bonds is 4. The first-order valence-corrected chi connectivity index (χ1v) is 8.33. The molecule has 1 aliphatic rings. The number of hydrogen-bond acceptors (Lipinski definition) is 3. The van der Waals surface area contributed by atoms with E-state index < -0.39 is 11.8 Å². The fraction of sp³-hybridized carbons (Fsp3) is 0.294. The van der Waals surface area contributed by atoms with Crippen LogP contribution < -0.4 is 5.32 Å².